The van der Waals surface area contributed by atoms with Gasteiger partial charge in [-0.1, -0.05) is 12.1 Å². The topological polar surface area (TPSA) is 81.7 Å². The number of rotatable bonds is 6. The number of amides is 1. The lowest BCUT2D eigenvalue weighted by Gasteiger charge is -2.13. The van der Waals surface area contributed by atoms with Crippen LogP contribution in [0.2, 0.25) is 0 Å². The van der Waals surface area contributed by atoms with Crippen molar-refractivity contribution in [1.29, 1.82) is 0 Å². The van der Waals surface area contributed by atoms with Crippen LogP contribution >= 0.6 is 0 Å². The Morgan fingerprint density at radius 1 is 1.00 bits per heavy atom. The average molecular weight is 407 g/mol. The molecule has 9 heteroatoms. The molecule has 1 atom stereocenters. The molecule has 1 N–H and O–H groups in total. The van der Waals surface area contributed by atoms with E-state index in [2.05, 4.69) is 4.74 Å². The summed E-state index contributed by atoms with van der Waals surface area (Å²) in [6, 6.07) is 7.64. The monoisotopic (exact) mass is 407 g/mol. The zero-order chi connectivity index (χ0) is 21.6. The van der Waals surface area contributed by atoms with Crippen LogP contribution in [0.15, 0.2) is 42.5 Å². The van der Waals surface area contributed by atoms with E-state index in [0.717, 1.165) is 12.1 Å². The maximum atomic E-state index is 13.6. The van der Waals surface area contributed by atoms with Crippen LogP contribution in [0.1, 0.15) is 22.8 Å². The minimum absolute atomic E-state index is 0.335. The van der Waals surface area contributed by atoms with Gasteiger partial charge in [-0.2, -0.15) is 0 Å². The lowest BCUT2D eigenvalue weighted by Crippen LogP contribution is -2.29. The number of hydrogen-bond acceptors (Lipinski definition) is 5. The summed E-state index contributed by atoms with van der Waals surface area (Å²) in [4.78, 5) is 35.1. The van der Waals surface area contributed by atoms with E-state index in [4.69, 9.17) is 4.74 Å². The van der Waals surface area contributed by atoms with Crippen molar-refractivity contribution in [3.05, 3.63) is 71.1 Å². The number of hydrogen-bond donors (Lipinski definition) is 1. The van der Waals surface area contributed by atoms with Crippen molar-refractivity contribution in [1.82, 2.24) is 0 Å². The van der Waals surface area contributed by atoms with E-state index < -0.39 is 47.1 Å². The van der Waals surface area contributed by atoms with Crippen molar-refractivity contribution in [2.45, 2.75) is 13.0 Å². The molecule has 0 saturated carbocycles. The Morgan fingerprint density at radius 3 is 2.28 bits per heavy atom. The molecule has 152 valence electrons. The van der Waals surface area contributed by atoms with E-state index in [1.165, 1.54) is 32.2 Å². The minimum atomic E-state index is -1.73. The van der Waals surface area contributed by atoms with E-state index in [1.54, 1.807) is 12.1 Å². The molecule has 2 rings (SSSR count). The molecule has 0 radical (unpaired) electrons. The molecule has 0 heterocycles. The first-order chi connectivity index (χ1) is 13.7. The molecular formula is C20H16F3NO5. The molecule has 0 aliphatic heterocycles. The zero-order valence-corrected chi connectivity index (χ0v) is 15.4. The highest BCUT2D eigenvalue weighted by atomic mass is 19.2. The highest BCUT2D eigenvalue weighted by Gasteiger charge is 2.20. The van der Waals surface area contributed by atoms with Gasteiger partial charge in [-0.25, -0.2) is 22.8 Å². The lowest BCUT2D eigenvalue weighted by atomic mass is 10.1. The Balaban J connectivity index is 1.94. The third kappa shape index (κ3) is 5.68. The van der Waals surface area contributed by atoms with Crippen LogP contribution in [-0.2, 0) is 19.1 Å². The fourth-order valence-corrected chi connectivity index (χ4v) is 2.14. The highest BCUT2D eigenvalue weighted by molar-refractivity contribution is 5.96. The van der Waals surface area contributed by atoms with Gasteiger partial charge in [0.15, 0.2) is 23.6 Å². The predicted molar refractivity (Wildman–Crippen MR) is 97.3 cm³/mol. The summed E-state index contributed by atoms with van der Waals surface area (Å²) in [5, 5.41) is 2.01. The molecule has 0 spiro atoms. The van der Waals surface area contributed by atoms with Crippen LogP contribution in [0.5, 0.6) is 0 Å². The van der Waals surface area contributed by atoms with E-state index in [1.807, 2.05) is 5.32 Å². The summed E-state index contributed by atoms with van der Waals surface area (Å²) < 4.78 is 49.1. The lowest BCUT2D eigenvalue weighted by molar-refractivity contribution is -0.148. The molecular weight excluding hydrogens is 391 g/mol. The largest absolute Gasteiger partial charge is 0.465 e. The molecule has 29 heavy (non-hydrogen) atoms. The minimum Gasteiger partial charge on any atom is -0.465 e. The van der Waals surface area contributed by atoms with Crippen LogP contribution < -0.4 is 5.32 Å². The van der Waals surface area contributed by atoms with E-state index in [0.29, 0.717) is 17.2 Å². The molecule has 0 aromatic heterocycles. The fourth-order valence-electron chi connectivity index (χ4n) is 2.14. The SMILES string of the molecule is COC(=O)c1ccc(/C=C/C(=O)O[C@@H](C)C(=O)Nc2ccc(F)c(F)c2F)cc1. The third-order valence-corrected chi connectivity index (χ3v) is 3.70. The van der Waals surface area contributed by atoms with Crippen LogP contribution in [-0.4, -0.2) is 31.1 Å². The number of esters is 2. The van der Waals surface area contributed by atoms with Crippen molar-refractivity contribution < 1.29 is 37.0 Å². The van der Waals surface area contributed by atoms with Gasteiger partial charge in [0.25, 0.3) is 5.91 Å². The molecule has 2 aromatic carbocycles. The average Bonchev–Trinajstić information content (AvgIpc) is 2.72. The van der Waals surface area contributed by atoms with E-state index in [-0.39, 0.29) is 0 Å². The van der Waals surface area contributed by atoms with Gasteiger partial charge in [-0.15, -0.1) is 0 Å². The molecule has 0 unspecified atom stereocenters. The second-order valence-electron chi connectivity index (χ2n) is 5.74. The first-order valence-corrected chi connectivity index (χ1v) is 8.24. The highest BCUT2D eigenvalue weighted by Crippen LogP contribution is 2.20. The third-order valence-electron chi connectivity index (χ3n) is 3.70. The van der Waals surface area contributed by atoms with Crippen molar-refractivity contribution in [3.8, 4) is 0 Å². The first kappa shape index (κ1) is 21.7. The van der Waals surface area contributed by atoms with Gasteiger partial charge in [0.05, 0.1) is 18.4 Å². The summed E-state index contributed by atoms with van der Waals surface area (Å²) in [5.74, 6) is -6.99. The summed E-state index contributed by atoms with van der Waals surface area (Å²) in [6.07, 6.45) is 1.11. The Labute approximate surface area is 163 Å². The van der Waals surface area contributed by atoms with E-state index >= 15 is 0 Å². The molecule has 0 aliphatic carbocycles. The molecule has 1 amide bonds. The number of carbonyl (C=O) groups excluding carboxylic acids is 3. The normalized spacial score (nSPS) is 11.8. The number of ether oxygens (including phenoxy) is 2. The van der Waals surface area contributed by atoms with Crippen LogP contribution in [0.4, 0.5) is 18.9 Å². The van der Waals surface area contributed by atoms with Crippen LogP contribution in [0, 0.1) is 17.5 Å². The van der Waals surface area contributed by atoms with Gasteiger partial charge in [-0.3, -0.25) is 4.79 Å². The predicted octanol–water partition coefficient (Wildman–Crippen LogP) is 3.47. The van der Waals surface area contributed by atoms with E-state index in [9.17, 15) is 27.6 Å². The quantitative estimate of drug-likeness (QED) is 0.451. The number of anilines is 1. The zero-order valence-electron chi connectivity index (χ0n) is 15.4. The standard InChI is InChI=1S/C20H16F3NO5/c1-11(19(26)24-15-9-8-14(21)17(22)18(15)23)29-16(25)10-5-12-3-6-13(7-4-12)20(27)28-2/h3-11H,1-2H3,(H,24,26)/b10-5+/t11-/m0/s1. The van der Waals surface area contributed by atoms with Gasteiger partial charge in [0.2, 0.25) is 0 Å². The molecule has 0 saturated heterocycles. The van der Waals surface area contributed by atoms with Crippen LogP contribution in [0.25, 0.3) is 6.08 Å². The second kappa shape index (κ2) is 9.54. The number of carbonyl (C=O) groups is 3. The Hall–Kier alpha value is -3.62. The Bertz CT molecular complexity index is 957. The van der Waals surface area contributed by atoms with Gasteiger partial charge in [0.1, 0.15) is 0 Å². The Morgan fingerprint density at radius 2 is 1.66 bits per heavy atom. The van der Waals surface area contributed by atoms with Crippen molar-refractivity contribution in [3.63, 3.8) is 0 Å². The smallest absolute Gasteiger partial charge is 0.337 e. The van der Waals surface area contributed by atoms with Gasteiger partial charge < -0.3 is 14.8 Å². The van der Waals surface area contributed by atoms with Crippen molar-refractivity contribution in [2.75, 3.05) is 12.4 Å². The number of methoxy groups -OCH3 is 1. The van der Waals surface area contributed by atoms with Crippen LogP contribution in [0.3, 0.4) is 0 Å². The number of halogens is 3. The molecule has 0 fully saturated rings. The molecule has 6 nitrogen and oxygen atoms in total. The Kier molecular flexibility index (Phi) is 7.13. The number of benzene rings is 2. The summed E-state index contributed by atoms with van der Waals surface area (Å²) in [5.41, 5.74) is 0.329. The fraction of sp³-hybridized carbons (Fsp3) is 0.150. The van der Waals surface area contributed by atoms with Gasteiger partial charge >= 0.3 is 11.9 Å². The maximum Gasteiger partial charge on any atom is 0.337 e. The second-order valence-corrected chi connectivity index (χ2v) is 5.74. The summed E-state index contributed by atoms with van der Waals surface area (Å²) in [6.45, 7) is 1.23. The molecule has 0 bridgehead atoms. The molecule has 2 aromatic rings. The molecule has 0 aliphatic rings. The van der Waals surface area contributed by atoms with Crippen molar-refractivity contribution >= 4 is 29.6 Å². The first-order valence-electron chi connectivity index (χ1n) is 8.24. The maximum absolute atomic E-state index is 13.6. The van der Waals surface area contributed by atoms with Gasteiger partial charge in [-0.05, 0) is 42.8 Å². The summed E-state index contributed by atoms with van der Waals surface area (Å²) in [7, 11) is 1.25. The van der Waals surface area contributed by atoms with Gasteiger partial charge in [0, 0.05) is 6.08 Å². The van der Waals surface area contributed by atoms with Crippen molar-refractivity contribution in [2.24, 2.45) is 0 Å². The number of nitrogens with one attached hydrogen (secondary N) is 1. The summed E-state index contributed by atoms with van der Waals surface area (Å²) >= 11 is 0.